The van der Waals surface area contributed by atoms with E-state index in [1.54, 1.807) is 34.9 Å². The Morgan fingerprint density at radius 3 is 1.85 bits per heavy atom. The van der Waals surface area contributed by atoms with Crippen molar-refractivity contribution in [3.63, 3.8) is 0 Å². The van der Waals surface area contributed by atoms with Crippen LogP contribution in [0.3, 0.4) is 0 Å². The van der Waals surface area contributed by atoms with Gasteiger partial charge < -0.3 is 39.7 Å². The minimum Gasteiger partial charge on any atom is -0.490 e. The minimum atomic E-state index is -1.18. The average molecular weight is 894 g/mol. The van der Waals surface area contributed by atoms with Gasteiger partial charge in [-0.1, -0.05) is 101 Å². The zero-order valence-corrected chi connectivity index (χ0v) is 37.4. The highest BCUT2D eigenvalue weighted by Crippen LogP contribution is 2.44. The number of thioether (sulfide) groups is 2. The second-order valence-electron chi connectivity index (χ2n) is 14.7. The van der Waals surface area contributed by atoms with E-state index in [1.165, 1.54) is 11.8 Å². The van der Waals surface area contributed by atoms with Crippen LogP contribution >= 0.6 is 35.7 Å². The molecule has 2 aliphatic heterocycles. The van der Waals surface area contributed by atoms with Crippen LogP contribution < -0.4 is 19.5 Å². The van der Waals surface area contributed by atoms with Gasteiger partial charge in [-0.25, -0.2) is 4.79 Å². The molecule has 0 saturated carbocycles. The zero-order valence-electron chi connectivity index (χ0n) is 34.9. The molecule has 2 aliphatic rings. The first-order valence-electron chi connectivity index (χ1n) is 21.3. The quantitative estimate of drug-likeness (QED) is 0.0297. The fraction of sp³-hybridized carbons (Fsp3) is 0.628. The maximum atomic E-state index is 13.4. The van der Waals surface area contributed by atoms with E-state index < -0.39 is 24.5 Å². The largest absolute Gasteiger partial charge is 0.490 e. The molecule has 2 heterocycles. The Morgan fingerprint density at radius 1 is 0.733 bits per heavy atom. The van der Waals surface area contributed by atoms with Crippen LogP contribution in [-0.2, 0) is 24.0 Å². The number of nitrogens with one attached hydrogen (secondary N) is 1. The van der Waals surface area contributed by atoms with E-state index in [2.05, 4.69) is 10.2 Å². The molecule has 4 N–H and O–H groups in total. The summed E-state index contributed by atoms with van der Waals surface area (Å²) in [6, 6.07) is 3.35. The molecule has 0 aliphatic carbocycles. The van der Waals surface area contributed by atoms with Crippen molar-refractivity contribution in [2.45, 2.75) is 129 Å². The fourth-order valence-corrected chi connectivity index (χ4v) is 9.00. The van der Waals surface area contributed by atoms with E-state index in [0.29, 0.717) is 54.1 Å². The minimum absolute atomic E-state index is 0.0919. The number of carbonyl (C=O) groups is 5. The Labute approximate surface area is 368 Å². The number of ether oxygens (including phenoxy) is 3. The van der Waals surface area contributed by atoms with E-state index in [0.717, 1.165) is 107 Å². The first-order valence-corrected chi connectivity index (χ1v) is 23.5. The molecule has 17 heteroatoms. The van der Waals surface area contributed by atoms with Crippen molar-refractivity contribution in [3.05, 3.63) is 34.2 Å². The van der Waals surface area contributed by atoms with Crippen LogP contribution in [0.15, 0.2) is 34.2 Å². The number of hydrogen-bond donors (Lipinski definition) is 4. The normalized spacial score (nSPS) is 15.3. The monoisotopic (exact) mass is 893 g/mol. The summed E-state index contributed by atoms with van der Waals surface area (Å²) >= 11 is 8.26. The van der Waals surface area contributed by atoms with E-state index in [-0.39, 0.29) is 48.3 Å². The molecule has 0 bridgehead atoms. The van der Waals surface area contributed by atoms with Crippen LogP contribution in [0.2, 0.25) is 0 Å². The predicted octanol–water partition coefficient (Wildman–Crippen LogP) is 9.08. The highest BCUT2D eigenvalue weighted by Gasteiger charge is 2.30. The molecule has 0 atom stereocenters. The Bertz CT molecular complexity index is 1640. The smallest absolute Gasteiger partial charge is 0.341 e. The molecule has 60 heavy (non-hydrogen) atoms. The number of benzene rings is 1. The lowest BCUT2D eigenvalue weighted by atomic mass is 10.1. The van der Waals surface area contributed by atoms with Crippen LogP contribution in [0.4, 0.5) is 5.69 Å². The van der Waals surface area contributed by atoms with E-state index >= 15 is 0 Å². The van der Waals surface area contributed by atoms with Crippen molar-refractivity contribution in [1.82, 2.24) is 9.80 Å². The van der Waals surface area contributed by atoms with Gasteiger partial charge in [0.25, 0.3) is 5.91 Å². The molecule has 2 amide bonds. The number of carbonyl (C=O) groups excluding carboxylic acids is 2. The van der Waals surface area contributed by atoms with E-state index in [9.17, 15) is 29.1 Å². The van der Waals surface area contributed by atoms with Crippen LogP contribution in [0, 0.1) is 0 Å². The van der Waals surface area contributed by atoms with Gasteiger partial charge >= 0.3 is 17.9 Å². The molecule has 0 unspecified atom stereocenters. The number of thiocarbonyl (C=S) groups is 1. The highest BCUT2D eigenvalue weighted by molar-refractivity contribution is 8.26. The number of aliphatic carboxylic acids is 3. The molecule has 0 spiro atoms. The van der Waals surface area contributed by atoms with E-state index in [1.807, 2.05) is 13.0 Å². The molecular formula is C43H63N3O11S3. The number of likely N-dealkylation sites (N-methyl/N-ethyl adjacent to an activating group) is 1. The maximum absolute atomic E-state index is 13.4. The first kappa shape index (κ1) is 50.4. The Hall–Kier alpha value is -3.96. The van der Waals surface area contributed by atoms with Gasteiger partial charge in [0.15, 0.2) is 18.1 Å². The summed E-state index contributed by atoms with van der Waals surface area (Å²) in [5, 5.41) is 31.0. The maximum Gasteiger partial charge on any atom is 0.341 e. The number of carboxylic acid groups (broad SMARTS) is 3. The van der Waals surface area contributed by atoms with Crippen molar-refractivity contribution in [2.75, 3.05) is 50.5 Å². The number of nitrogens with zero attached hydrogens (tertiary/aromatic N) is 2. The number of anilines is 1. The molecule has 14 nitrogen and oxygen atoms in total. The molecule has 1 aromatic rings. The number of allylic oxidation sites excluding steroid dienone is 2. The van der Waals surface area contributed by atoms with Gasteiger partial charge in [0, 0.05) is 44.6 Å². The Morgan fingerprint density at radius 2 is 1.30 bits per heavy atom. The lowest BCUT2D eigenvalue weighted by Gasteiger charge is -2.21. The van der Waals surface area contributed by atoms with Crippen LogP contribution in [0.25, 0.3) is 0 Å². The summed E-state index contributed by atoms with van der Waals surface area (Å²) in [6.07, 6.45) is 19.1. The zero-order chi connectivity index (χ0) is 43.5. The molecule has 334 valence electrons. The number of rotatable bonds is 33. The van der Waals surface area contributed by atoms with Crippen molar-refractivity contribution < 1.29 is 53.5 Å². The third kappa shape index (κ3) is 19.6. The first-order chi connectivity index (χ1) is 29.0. The summed E-state index contributed by atoms with van der Waals surface area (Å²) in [4.78, 5) is 63.4. The van der Waals surface area contributed by atoms with Crippen molar-refractivity contribution in [2.24, 2.45) is 0 Å². The highest BCUT2D eigenvalue weighted by atomic mass is 32.2. The lowest BCUT2D eigenvalue weighted by Crippen LogP contribution is -2.27. The topological polar surface area (TPSA) is 192 Å². The molecule has 0 radical (unpaired) electrons. The third-order valence-corrected chi connectivity index (χ3v) is 12.3. The Kier molecular flexibility index (Phi) is 24.6. The van der Waals surface area contributed by atoms with E-state index in [4.69, 9.17) is 36.6 Å². The SMILES string of the molecule is CCN1C(=O)/C(=C\C=C2\SCCN2CCC(=O)Nc2ccc(OCCCCCCCCCCC(=O)O)c(OCCCCCCCCCCC(=O)O)c2OCC(=O)O)SC1=S. The summed E-state index contributed by atoms with van der Waals surface area (Å²) in [6.45, 7) is 3.65. The van der Waals surface area contributed by atoms with Crippen LogP contribution in [-0.4, -0.2) is 104 Å². The van der Waals surface area contributed by atoms with Crippen molar-refractivity contribution >= 4 is 75.5 Å². The van der Waals surface area contributed by atoms with Crippen LogP contribution in [0.1, 0.15) is 129 Å². The molecular weight excluding hydrogens is 831 g/mol. The number of hydrogen-bond acceptors (Lipinski definition) is 12. The van der Waals surface area contributed by atoms with Gasteiger partial charge in [0.05, 0.1) is 28.8 Å². The van der Waals surface area contributed by atoms with Gasteiger partial charge in [-0.05, 0) is 56.9 Å². The van der Waals surface area contributed by atoms with Crippen molar-refractivity contribution in [3.8, 4) is 17.2 Å². The third-order valence-electron chi connectivity index (χ3n) is 9.86. The molecule has 2 fully saturated rings. The fourth-order valence-electron chi connectivity index (χ4n) is 6.63. The number of unbranched alkanes of at least 4 members (excludes halogenated alkanes) is 14. The molecule has 2 saturated heterocycles. The van der Waals surface area contributed by atoms with Gasteiger partial charge in [0.2, 0.25) is 11.7 Å². The van der Waals surface area contributed by atoms with Gasteiger partial charge in [-0.3, -0.25) is 24.1 Å². The number of amides is 2. The van der Waals surface area contributed by atoms with Gasteiger partial charge in [-0.2, -0.15) is 0 Å². The summed E-state index contributed by atoms with van der Waals surface area (Å²) in [7, 11) is 0. The predicted molar refractivity (Wildman–Crippen MR) is 240 cm³/mol. The average Bonchev–Trinajstić information content (AvgIpc) is 3.78. The Balaban J connectivity index is 1.62. The van der Waals surface area contributed by atoms with Crippen molar-refractivity contribution in [1.29, 1.82) is 0 Å². The molecule has 1 aromatic carbocycles. The summed E-state index contributed by atoms with van der Waals surface area (Å²) in [5.41, 5.74) is 0.277. The second-order valence-corrected chi connectivity index (χ2v) is 17.5. The summed E-state index contributed by atoms with van der Waals surface area (Å²) in [5.74, 6) is -1.52. The van der Waals surface area contributed by atoms with Gasteiger partial charge in [0.1, 0.15) is 4.32 Å². The summed E-state index contributed by atoms with van der Waals surface area (Å²) < 4.78 is 18.8. The molecule has 0 aromatic heterocycles. The standard InChI is InChI=1S/C43H63N3O11S3/c1-2-46-42(54)34(60-43(46)58)23-24-36-45(27-30-59-36)26-25-35(47)44-32-21-22-33(55-28-17-13-9-5-3-7-11-15-19-37(48)49)41(40(32)57-31-39(52)53)56-29-18-14-10-6-4-8-12-16-20-38(50)51/h21-24H,2-20,25-31H2,1H3,(H,44,47)(H,48,49)(H,50,51)(H,52,53)/b34-23+,36-24+. The lowest BCUT2D eigenvalue weighted by molar-refractivity contribution is -0.139. The van der Waals surface area contributed by atoms with Crippen LogP contribution in [0.5, 0.6) is 17.2 Å². The second kappa shape index (κ2) is 29.3. The molecule has 3 rings (SSSR count). The van der Waals surface area contributed by atoms with Gasteiger partial charge in [-0.15, -0.1) is 11.8 Å². The number of carboxylic acids is 3.